The first kappa shape index (κ1) is 21.8. The molecule has 6 nitrogen and oxygen atoms in total. The van der Waals surface area contributed by atoms with Crippen LogP contribution in [0, 0.1) is 24.7 Å². The number of amides is 1. The van der Waals surface area contributed by atoms with E-state index in [9.17, 15) is 13.2 Å². The Hall–Kier alpha value is -2.38. The molecule has 31 heavy (non-hydrogen) atoms. The third-order valence-electron chi connectivity index (χ3n) is 6.58. The summed E-state index contributed by atoms with van der Waals surface area (Å²) in [6.07, 6.45) is 4.90. The maximum absolute atomic E-state index is 12.8. The minimum Gasteiger partial charge on any atom is -0.484 e. The number of ether oxygens (including phenoxy) is 1. The third kappa shape index (κ3) is 5.28. The summed E-state index contributed by atoms with van der Waals surface area (Å²) >= 11 is 0. The molecule has 0 radical (unpaired) electrons. The van der Waals surface area contributed by atoms with Crippen molar-refractivity contribution >= 4 is 21.6 Å². The zero-order valence-corrected chi connectivity index (χ0v) is 18.8. The van der Waals surface area contributed by atoms with Crippen LogP contribution in [0.5, 0.6) is 5.75 Å². The van der Waals surface area contributed by atoms with Gasteiger partial charge in [-0.15, -0.1) is 0 Å². The number of hydrogen-bond acceptors (Lipinski definition) is 4. The van der Waals surface area contributed by atoms with Gasteiger partial charge in [-0.3, -0.25) is 4.79 Å². The Labute approximate surface area is 184 Å². The zero-order chi connectivity index (χ0) is 22.0. The highest BCUT2D eigenvalue weighted by atomic mass is 32.2. The Kier molecular flexibility index (Phi) is 6.34. The molecular formula is C24H30N2O4S. The molecule has 0 spiro atoms. The van der Waals surface area contributed by atoms with Gasteiger partial charge in [0.1, 0.15) is 5.75 Å². The van der Waals surface area contributed by atoms with E-state index in [1.807, 2.05) is 32.0 Å². The van der Waals surface area contributed by atoms with Crippen molar-refractivity contribution in [1.82, 2.24) is 4.72 Å². The number of nitrogens with one attached hydrogen (secondary N) is 2. The smallest absolute Gasteiger partial charge is 0.262 e. The number of carbonyl (C=O) groups excluding carboxylic acids is 1. The summed E-state index contributed by atoms with van der Waals surface area (Å²) in [7, 11) is -3.60. The number of rotatable bonds is 8. The summed E-state index contributed by atoms with van der Waals surface area (Å²) in [5.41, 5.74) is 1.58. The summed E-state index contributed by atoms with van der Waals surface area (Å²) in [4.78, 5) is 12.3. The lowest BCUT2D eigenvalue weighted by Crippen LogP contribution is -2.40. The van der Waals surface area contributed by atoms with Crippen LogP contribution in [0.1, 0.15) is 38.2 Å². The van der Waals surface area contributed by atoms with Crippen LogP contribution in [0.15, 0.2) is 53.4 Å². The maximum atomic E-state index is 12.8. The topological polar surface area (TPSA) is 84.5 Å². The highest BCUT2D eigenvalue weighted by molar-refractivity contribution is 7.89. The second-order valence-electron chi connectivity index (χ2n) is 8.93. The van der Waals surface area contributed by atoms with Gasteiger partial charge in [-0.05, 0) is 92.8 Å². The van der Waals surface area contributed by atoms with Crippen LogP contribution in [0.4, 0.5) is 5.69 Å². The quantitative estimate of drug-likeness (QED) is 0.644. The fourth-order valence-electron chi connectivity index (χ4n) is 5.07. The van der Waals surface area contributed by atoms with E-state index < -0.39 is 10.0 Å². The van der Waals surface area contributed by atoms with E-state index in [2.05, 4.69) is 10.0 Å². The lowest BCUT2D eigenvalue weighted by Gasteiger charge is -2.28. The van der Waals surface area contributed by atoms with Crippen molar-refractivity contribution in [2.24, 2.45) is 17.8 Å². The molecule has 4 rings (SSSR count). The molecule has 2 aliphatic rings. The molecule has 0 saturated heterocycles. The van der Waals surface area contributed by atoms with E-state index in [1.54, 1.807) is 18.2 Å². The molecule has 0 aromatic heterocycles. The average Bonchev–Trinajstić information content (AvgIpc) is 3.36. The summed E-state index contributed by atoms with van der Waals surface area (Å²) in [5, 5.41) is 2.73. The molecule has 7 heteroatoms. The van der Waals surface area contributed by atoms with Gasteiger partial charge in [0, 0.05) is 11.7 Å². The normalized spacial score (nSPS) is 23.5. The summed E-state index contributed by atoms with van der Waals surface area (Å²) < 4.78 is 34.0. The number of sulfonamides is 1. The van der Waals surface area contributed by atoms with Crippen LogP contribution in [0.2, 0.25) is 0 Å². The van der Waals surface area contributed by atoms with E-state index in [1.165, 1.54) is 31.4 Å². The average molecular weight is 443 g/mol. The molecule has 2 aliphatic carbocycles. The molecule has 2 bridgehead atoms. The van der Waals surface area contributed by atoms with E-state index in [0.717, 1.165) is 17.9 Å². The van der Waals surface area contributed by atoms with Crippen LogP contribution in [-0.2, 0) is 14.8 Å². The van der Waals surface area contributed by atoms with Crippen LogP contribution in [0.25, 0.3) is 0 Å². The number of hydrogen-bond donors (Lipinski definition) is 2. The second-order valence-corrected chi connectivity index (χ2v) is 10.6. The molecule has 2 aromatic carbocycles. The summed E-state index contributed by atoms with van der Waals surface area (Å²) in [6.45, 7) is 3.81. The molecule has 0 aliphatic heterocycles. The monoisotopic (exact) mass is 442 g/mol. The van der Waals surface area contributed by atoms with Gasteiger partial charge >= 0.3 is 0 Å². The number of aryl methyl sites for hydroxylation is 1. The van der Waals surface area contributed by atoms with Gasteiger partial charge < -0.3 is 10.1 Å². The minimum atomic E-state index is -3.60. The van der Waals surface area contributed by atoms with E-state index in [-0.39, 0.29) is 23.5 Å². The van der Waals surface area contributed by atoms with Crippen molar-refractivity contribution in [2.75, 3.05) is 11.9 Å². The summed E-state index contributed by atoms with van der Waals surface area (Å²) in [6, 6.07) is 13.6. The maximum Gasteiger partial charge on any atom is 0.262 e. The highest BCUT2D eigenvalue weighted by Crippen LogP contribution is 2.49. The van der Waals surface area contributed by atoms with Gasteiger partial charge in [0.25, 0.3) is 5.91 Å². The predicted octanol–water partition coefficient (Wildman–Crippen LogP) is 4.12. The van der Waals surface area contributed by atoms with Gasteiger partial charge in [0.2, 0.25) is 10.0 Å². The van der Waals surface area contributed by atoms with E-state index >= 15 is 0 Å². The molecular weight excluding hydrogens is 412 g/mol. The van der Waals surface area contributed by atoms with Crippen LogP contribution in [-0.4, -0.2) is 27.0 Å². The first-order valence-corrected chi connectivity index (χ1v) is 12.4. The Bertz CT molecular complexity index is 1040. The molecule has 2 fully saturated rings. The second kappa shape index (κ2) is 9.01. The zero-order valence-electron chi connectivity index (χ0n) is 18.0. The Morgan fingerprint density at radius 3 is 2.55 bits per heavy atom. The molecule has 1 amide bonds. The largest absolute Gasteiger partial charge is 0.484 e. The SMILES string of the molecule is Cc1cccc(OCC(=O)Nc2ccc(S(=O)(=O)N[C@H](C)[C@H]3C[C@@H]4CC[C@@H]3C4)cc2)c1. The van der Waals surface area contributed by atoms with Crippen LogP contribution in [0.3, 0.4) is 0 Å². The standard InChI is InChI=1S/C24H30N2O4S/c1-16-4-3-5-21(12-16)30-15-24(27)25-20-8-10-22(11-9-20)31(28,29)26-17(2)23-14-18-6-7-19(23)13-18/h3-5,8-12,17-19,23,26H,6-7,13-15H2,1-2H3,(H,25,27)/t17-,18-,19-,23-/m1/s1. The van der Waals surface area contributed by atoms with Crippen molar-refractivity contribution in [3.8, 4) is 5.75 Å². The number of benzene rings is 2. The molecule has 4 atom stereocenters. The minimum absolute atomic E-state index is 0.0709. The predicted molar refractivity (Wildman–Crippen MR) is 120 cm³/mol. The van der Waals surface area contributed by atoms with Gasteiger partial charge in [0.05, 0.1) is 4.90 Å². The molecule has 2 saturated carbocycles. The Morgan fingerprint density at radius 1 is 1.13 bits per heavy atom. The van der Waals surface area contributed by atoms with Crippen molar-refractivity contribution in [3.63, 3.8) is 0 Å². The van der Waals surface area contributed by atoms with Crippen LogP contribution >= 0.6 is 0 Å². The lowest BCUT2D eigenvalue weighted by molar-refractivity contribution is -0.118. The van der Waals surface area contributed by atoms with Gasteiger partial charge in [-0.25, -0.2) is 13.1 Å². The highest BCUT2D eigenvalue weighted by Gasteiger charge is 2.42. The molecule has 0 unspecified atom stereocenters. The van der Waals surface area contributed by atoms with Crippen molar-refractivity contribution in [1.29, 1.82) is 0 Å². The fourth-order valence-corrected chi connectivity index (χ4v) is 6.37. The fraction of sp³-hybridized carbons (Fsp3) is 0.458. The Balaban J connectivity index is 1.31. The third-order valence-corrected chi connectivity index (χ3v) is 8.16. The van der Waals surface area contributed by atoms with Crippen LogP contribution < -0.4 is 14.8 Å². The van der Waals surface area contributed by atoms with Crippen molar-refractivity contribution in [3.05, 3.63) is 54.1 Å². The Morgan fingerprint density at radius 2 is 1.90 bits per heavy atom. The molecule has 0 heterocycles. The molecule has 2 aromatic rings. The lowest BCUT2D eigenvalue weighted by atomic mass is 9.84. The van der Waals surface area contributed by atoms with Crippen molar-refractivity contribution < 1.29 is 17.9 Å². The van der Waals surface area contributed by atoms with E-state index in [0.29, 0.717) is 23.3 Å². The first-order valence-electron chi connectivity index (χ1n) is 10.9. The van der Waals surface area contributed by atoms with E-state index in [4.69, 9.17) is 4.74 Å². The number of carbonyl (C=O) groups is 1. The van der Waals surface area contributed by atoms with Gasteiger partial charge in [0.15, 0.2) is 6.61 Å². The van der Waals surface area contributed by atoms with Gasteiger partial charge in [-0.1, -0.05) is 18.6 Å². The summed E-state index contributed by atoms with van der Waals surface area (Å²) in [5.74, 6) is 2.19. The molecule has 2 N–H and O–H groups in total. The first-order chi connectivity index (χ1) is 14.8. The molecule has 166 valence electrons. The van der Waals surface area contributed by atoms with Gasteiger partial charge in [-0.2, -0.15) is 0 Å². The van der Waals surface area contributed by atoms with Crippen molar-refractivity contribution in [2.45, 2.75) is 50.5 Å². The number of anilines is 1. The number of fused-ring (bicyclic) bond motifs is 2.